The fourth-order valence-corrected chi connectivity index (χ4v) is 1.26. The van der Waals surface area contributed by atoms with Crippen molar-refractivity contribution in [2.75, 3.05) is 0 Å². The molecule has 2 N–H and O–H groups in total. The van der Waals surface area contributed by atoms with E-state index in [1.807, 2.05) is 0 Å². The molecule has 0 radical (unpaired) electrons. The van der Waals surface area contributed by atoms with Gasteiger partial charge in [-0.2, -0.15) is 0 Å². The van der Waals surface area contributed by atoms with E-state index in [2.05, 4.69) is 17.5 Å². The molecule has 0 aliphatic rings. The molecule has 1 aromatic heterocycles. The fraction of sp³-hybridized carbons (Fsp3) is 0.0833. The van der Waals surface area contributed by atoms with Gasteiger partial charge < -0.3 is 10.1 Å². The normalized spacial score (nSPS) is 10.1. The number of pyridine rings is 1. The van der Waals surface area contributed by atoms with Crippen LogP contribution in [0, 0.1) is 12.3 Å². The minimum absolute atomic E-state index is 0.0712. The minimum atomic E-state index is -0.478. The van der Waals surface area contributed by atoms with Crippen LogP contribution >= 0.6 is 0 Å². The summed E-state index contributed by atoms with van der Waals surface area (Å²) in [7, 11) is 0. The average molecular weight is 201 g/mol. The summed E-state index contributed by atoms with van der Waals surface area (Å²) in [5, 5.41) is 9.71. The standard InChI is InChI=1S/C12H11NO2/c1-4-7-10-8(5-2)11(14)9(6-3)12(15)13-10/h3-5,7H,2H2,1H3,(H2,13,14,15)/b7-4-. The van der Waals surface area contributed by atoms with E-state index in [1.54, 1.807) is 19.1 Å². The van der Waals surface area contributed by atoms with Gasteiger partial charge in [-0.25, -0.2) is 0 Å². The molecule has 1 heterocycles. The minimum Gasteiger partial charge on any atom is -0.506 e. The van der Waals surface area contributed by atoms with Crippen LogP contribution in [0.15, 0.2) is 17.4 Å². The quantitative estimate of drug-likeness (QED) is 0.716. The van der Waals surface area contributed by atoms with E-state index in [0.717, 1.165) is 0 Å². The van der Waals surface area contributed by atoms with Gasteiger partial charge >= 0.3 is 0 Å². The largest absolute Gasteiger partial charge is 0.506 e. The molecular formula is C12H11NO2. The molecule has 0 saturated heterocycles. The third-order valence-corrected chi connectivity index (χ3v) is 1.94. The van der Waals surface area contributed by atoms with Crippen LogP contribution in [0.4, 0.5) is 0 Å². The van der Waals surface area contributed by atoms with Gasteiger partial charge in [0.1, 0.15) is 11.3 Å². The van der Waals surface area contributed by atoms with Crippen molar-refractivity contribution < 1.29 is 5.11 Å². The van der Waals surface area contributed by atoms with E-state index >= 15 is 0 Å². The SMILES string of the molecule is C#Cc1c(O)c(C=C)c(/C=C\C)[nH]c1=O. The summed E-state index contributed by atoms with van der Waals surface area (Å²) < 4.78 is 0. The summed E-state index contributed by atoms with van der Waals surface area (Å²) in [4.78, 5) is 14.0. The van der Waals surface area contributed by atoms with Crippen molar-refractivity contribution in [2.45, 2.75) is 6.92 Å². The molecule has 0 spiro atoms. The zero-order valence-corrected chi connectivity index (χ0v) is 8.37. The van der Waals surface area contributed by atoms with Crippen molar-refractivity contribution in [3.63, 3.8) is 0 Å². The molecule has 0 bridgehead atoms. The number of hydrogen-bond acceptors (Lipinski definition) is 2. The summed E-state index contributed by atoms with van der Waals surface area (Å²) in [5.41, 5.74) is 0.376. The lowest BCUT2D eigenvalue weighted by atomic mass is 10.1. The van der Waals surface area contributed by atoms with Crippen LogP contribution in [-0.2, 0) is 0 Å². The topological polar surface area (TPSA) is 53.1 Å². The van der Waals surface area contributed by atoms with Crippen LogP contribution in [0.2, 0.25) is 0 Å². The van der Waals surface area contributed by atoms with E-state index in [0.29, 0.717) is 11.3 Å². The predicted octanol–water partition coefficient (Wildman–Crippen LogP) is 1.74. The van der Waals surface area contributed by atoms with Gasteiger partial charge in [-0.05, 0) is 13.0 Å². The second kappa shape index (κ2) is 4.34. The van der Waals surface area contributed by atoms with Gasteiger partial charge in [0.25, 0.3) is 5.56 Å². The number of terminal acetylenes is 1. The maximum Gasteiger partial charge on any atom is 0.267 e. The lowest BCUT2D eigenvalue weighted by molar-refractivity contribution is 0.470. The van der Waals surface area contributed by atoms with Gasteiger partial charge in [0.15, 0.2) is 0 Å². The summed E-state index contributed by atoms with van der Waals surface area (Å²) >= 11 is 0. The molecule has 0 aliphatic heterocycles. The van der Waals surface area contributed by atoms with E-state index in [4.69, 9.17) is 6.42 Å². The van der Waals surface area contributed by atoms with E-state index < -0.39 is 5.56 Å². The molecule has 3 heteroatoms. The third-order valence-electron chi connectivity index (χ3n) is 1.94. The summed E-state index contributed by atoms with van der Waals surface area (Å²) in [5.74, 6) is 1.94. The van der Waals surface area contributed by atoms with Gasteiger partial charge in [0.05, 0.1) is 5.69 Å². The van der Waals surface area contributed by atoms with Gasteiger partial charge in [-0.3, -0.25) is 4.79 Å². The third kappa shape index (κ3) is 1.84. The number of hydrogen-bond donors (Lipinski definition) is 2. The molecule has 3 nitrogen and oxygen atoms in total. The van der Waals surface area contributed by atoms with Crippen molar-refractivity contribution in [1.29, 1.82) is 0 Å². The van der Waals surface area contributed by atoms with Crippen molar-refractivity contribution >= 4 is 12.2 Å². The van der Waals surface area contributed by atoms with Crippen LogP contribution in [0.1, 0.15) is 23.7 Å². The average Bonchev–Trinajstić information content (AvgIpc) is 2.19. The van der Waals surface area contributed by atoms with Crippen LogP contribution in [0.3, 0.4) is 0 Å². The van der Waals surface area contributed by atoms with Crippen LogP contribution < -0.4 is 5.56 Å². The second-order valence-electron chi connectivity index (χ2n) is 2.85. The molecule has 15 heavy (non-hydrogen) atoms. The highest BCUT2D eigenvalue weighted by Gasteiger charge is 2.11. The molecule has 0 unspecified atom stereocenters. The van der Waals surface area contributed by atoms with Crippen LogP contribution in [-0.4, -0.2) is 10.1 Å². The Morgan fingerprint density at radius 3 is 2.73 bits per heavy atom. The first kappa shape index (κ1) is 10.9. The fourth-order valence-electron chi connectivity index (χ4n) is 1.26. The Labute approximate surface area is 87.8 Å². The molecule has 0 aromatic carbocycles. The highest BCUT2D eigenvalue weighted by Crippen LogP contribution is 2.23. The van der Waals surface area contributed by atoms with Crippen molar-refractivity contribution in [3.8, 4) is 18.1 Å². The molecule has 0 atom stereocenters. The van der Waals surface area contributed by atoms with Crippen molar-refractivity contribution in [1.82, 2.24) is 4.98 Å². The molecule has 76 valence electrons. The Morgan fingerprint density at radius 1 is 1.60 bits per heavy atom. The Bertz CT molecular complexity index is 516. The predicted molar refractivity (Wildman–Crippen MR) is 61.5 cm³/mol. The first-order valence-electron chi connectivity index (χ1n) is 4.36. The van der Waals surface area contributed by atoms with Crippen molar-refractivity contribution in [3.05, 3.63) is 39.8 Å². The van der Waals surface area contributed by atoms with Crippen LogP contribution in [0.5, 0.6) is 5.75 Å². The Hall–Kier alpha value is -2.21. The summed E-state index contributed by atoms with van der Waals surface area (Å²) in [6, 6.07) is 0. The number of allylic oxidation sites excluding steroid dienone is 1. The highest BCUT2D eigenvalue weighted by atomic mass is 16.3. The monoisotopic (exact) mass is 201 g/mol. The summed E-state index contributed by atoms with van der Waals surface area (Å²) in [6.07, 6.45) is 9.97. The van der Waals surface area contributed by atoms with Gasteiger partial charge in [0.2, 0.25) is 0 Å². The molecule has 1 aromatic rings. The van der Waals surface area contributed by atoms with Crippen LogP contribution in [0.25, 0.3) is 12.2 Å². The van der Waals surface area contributed by atoms with E-state index in [-0.39, 0.29) is 11.3 Å². The maximum absolute atomic E-state index is 11.4. The molecule has 0 amide bonds. The van der Waals surface area contributed by atoms with Gasteiger partial charge in [-0.1, -0.05) is 24.7 Å². The van der Waals surface area contributed by atoms with Gasteiger partial charge in [0, 0.05) is 5.56 Å². The Kier molecular flexibility index (Phi) is 3.14. The van der Waals surface area contributed by atoms with Gasteiger partial charge in [-0.15, -0.1) is 6.42 Å². The first-order valence-corrected chi connectivity index (χ1v) is 4.36. The lowest BCUT2D eigenvalue weighted by Crippen LogP contribution is -2.12. The van der Waals surface area contributed by atoms with Crippen molar-refractivity contribution in [2.24, 2.45) is 0 Å². The zero-order chi connectivity index (χ0) is 11.4. The Balaban J connectivity index is 3.68. The number of nitrogens with one attached hydrogen (secondary N) is 1. The zero-order valence-electron chi connectivity index (χ0n) is 8.37. The number of aromatic amines is 1. The smallest absolute Gasteiger partial charge is 0.267 e. The molecule has 0 aliphatic carbocycles. The molecule has 0 fully saturated rings. The molecular weight excluding hydrogens is 190 g/mol. The summed E-state index contributed by atoms with van der Waals surface area (Å²) in [6.45, 7) is 5.36. The van der Waals surface area contributed by atoms with E-state index in [9.17, 15) is 9.90 Å². The number of H-pyrrole nitrogens is 1. The first-order chi connectivity index (χ1) is 7.15. The highest BCUT2D eigenvalue weighted by molar-refractivity contribution is 5.69. The molecule has 1 rings (SSSR count). The number of aromatic nitrogens is 1. The Morgan fingerprint density at radius 2 is 2.27 bits per heavy atom. The number of aromatic hydroxyl groups is 1. The lowest BCUT2D eigenvalue weighted by Gasteiger charge is -2.05. The molecule has 0 saturated carbocycles. The maximum atomic E-state index is 11.4. The second-order valence-corrected chi connectivity index (χ2v) is 2.85. The van der Waals surface area contributed by atoms with E-state index in [1.165, 1.54) is 6.08 Å². The number of rotatable bonds is 2.